The average molecular weight is 288 g/mol. The first-order valence-corrected chi connectivity index (χ1v) is 5.30. The van der Waals surface area contributed by atoms with Crippen molar-refractivity contribution in [3.05, 3.63) is 39.4 Å². The highest BCUT2D eigenvalue weighted by molar-refractivity contribution is 5.97. The van der Waals surface area contributed by atoms with Crippen LogP contribution < -0.4 is 5.32 Å². The zero-order valence-electron chi connectivity index (χ0n) is 10.5. The third-order valence-electron chi connectivity index (χ3n) is 2.38. The summed E-state index contributed by atoms with van der Waals surface area (Å²) in [6, 6.07) is -0.384. The molecule has 0 aromatic heterocycles. The van der Waals surface area contributed by atoms with Gasteiger partial charge in [0.2, 0.25) is 5.82 Å². The summed E-state index contributed by atoms with van der Waals surface area (Å²) in [5, 5.41) is 12.5. The van der Waals surface area contributed by atoms with Crippen molar-refractivity contribution in [2.75, 3.05) is 7.11 Å². The molecule has 0 aliphatic rings. The highest BCUT2D eigenvalue weighted by Crippen LogP contribution is 2.21. The van der Waals surface area contributed by atoms with E-state index in [2.05, 4.69) is 10.1 Å². The molecule has 1 aromatic carbocycles. The fourth-order valence-corrected chi connectivity index (χ4v) is 1.36. The van der Waals surface area contributed by atoms with Gasteiger partial charge in [0.15, 0.2) is 0 Å². The molecule has 7 nitrogen and oxygen atoms in total. The zero-order chi connectivity index (χ0) is 15.4. The van der Waals surface area contributed by atoms with Crippen LogP contribution in [-0.4, -0.2) is 30.0 Å². The summed E-state index contributed by atoms with van der Waals surface area (Å²) in [7, 11) is 1.09. The highest BCUT2D eigenvalue weighted by Gasteiger charge is 2.24. The van der Waals surface area contributed by atoms with Crippen LogP contribution in [-0.2, 0) is 9.53 Å². The number of nitro groups is 1. The first-order chi connectivity index (χ1) is 9.27. The van der Waals surface area contributed by atoms with Gasteiger partial charge in [-0.15, -0.1) is 0 Å². The van der Waals surface area contributed by atoms with E-state index in [1.54, 1.807) is 0 Å². The number of carbonyl (C=O) groups is 2. The summed E-state index contributed by atoms with van der Waals surface area (Å²) in [5.74, 6) is -4.49. The lowest BCUT2D eigenvalue weighted by molar-refractivity contribution is -0.387. The van der Waals surface area contributed by atoms with Crippen LogP contribution in [0.2, 0.25) is 0 Å². The molecule has 0 aliphatic heterocycles. The molecular formula is C11H10F2N2O5. The van der Waals surface area contributed by atoms with Crippen molar-refractivity contribution in [1.29, 1.82) is 0 Å². The Bertz CT molecular complexity index is 576. The Morgan fingerprint density at radius 2 is 1.95 bits per heavy atom. The van der Waals surface area contributed by atoms with Gasteiger partial charge >= 0.3 is 11.7 Å². The normalized spacial score (nSPS) is 11.6. The molecule has 1 atom stereocenters. The van der Waals surface area contributed by atoms with Crippen LogP contribution in [0.25, 0.3) is 0 Å². The van der Waals surface area contributed by atoms with Gasteiger partial charge in [-0.3, -0.25) is 14.9 Å². The molecule has 0 spiro atoms. The molecular weight excluding hydrogens is 278 g/mol. The fourth-order valence-electron chi connectivity index (χ4n) is 1.36. The van der Waals surface area contributed by atoms with E-state index in [9.17, 15) is 28.5 Å². The molecule has 0 radical (unpaired) electrons. The van der Waals surface area contributed by atoms with Crippen LogP contribution in [0.1, 0.15) is 17.3 Å². The molecule has 108 valence electrons. The summed E-state index contributed by atoms with van der Waals surface area (Å²) < 4.78 is 31.2. The first-order valence-electron chi connectivity index (χ1n) is 5.30. The number of hydrogen-bond acceptors (Lipinski definition) is 5. The molecule has 1 rings (SSSR count). The minimum absolute atomic E-state index is 0.299. The highest BCUT2D eigenvalue weighted by atomic mass is 19.1. The molecule has 1 unspecified atom stereocenters. The minimum Gasteiger partial charge on any atom is -0.467 e. The van der Waals surface area contributed by atoms with Crippen LogP contribution in [0.5, 0.6) is 0 Å². The second-order valence-electron chi connectivity index (χ2n) is 3.76. The summed E-state index contributed by atoms with van der Waals surface area (Å²) in [5.41, 5.74) is -1.83. The van der Waals surface area contributed by atoms with Crippen molar-refractivity contribution < 1.29 is 28.0 Å². The lowest BCUT2D eigenvalue weighted by atomic mass is 10.1. The number of rotatable bonds is 4. The standard InChI is InChI=1S/C11H10F2N2O5/c1-5(11(17)20-2)14-10(16)6-3-8(13)9(15(18)19)4-7(6)12/h3-5H,1-2H3,(H,14,16). The van der Waals surface area contributed by atoms with Gasteiger partial charge < -0.3 is 10.1 Å². The van der Waals surface area contributed by atoms with E-state index in [1.165, 1.54) is 6.92 Å². The van der Waals surface area contributed by atoms with Gasteiger partial charge in [-0.25, -0.2) is 9.18 Å². The number of amides is 1. The molecule has 0 fully saturated rings. The number of benzene rings is 1. The minimum atomic E-state index is -1.35. The van der Waals surface area contributed by atoms with Crippen LogP contribution >= 0.6 is 0 Å². The predicted octanol–water partition coefficient (Wildman–Crippen LogP) is 1.16. The van der Waals surface area contributed by atoms with E-state index in [-0.39, 0.29) is 0 Å². The topological polar surface area (TPSA) is 98.5 Å². The Labute approximate surface area is 111 Å². The van der Waals surface area contributed by atoms with E-state index in [0.29, 0.717) is 12.1 Å². The summed E-state index contributed by atoms with van der Waals surface area (Å²) in [6.45, 7) is 1.28. The second kappa shape index (κ2) is 6.04. The molecule has 20 heavy (non-hydrogen) atoms. The Hall–Kier alpha value is -2.58. The van der Waals surface area contributed by atoms with Crippen molar-refractivity contribution in [3.63, 3.8) is 0 Å². The number of halogens is 2. The van der Waals surface area contributed by atoms with E-state index in [0.717, 1.165) is 7.11 Å². The van der Waals surface area contributed by atoms with Crippen LogP contribution in [0, 0.1) is 21.7 Å². The monoisotopic (exact) mass is 288 g/mol. The molecule has 0 bridgehead atoms. The largest absolute Gasteiger partial charge is 0.467 e. The molecule has 0 saturated carbocycles. The number of hydrogen-bond donors (Lipinski definition) is 1. The number of esters is 1. The second-order valence-corrected chi connectivity index (χ2v) is 3.76. The van der Waals surface area contributed by atoms with Crippen molar-refractivity contribution in [2.24, 2.45) is 0 Å². The molecule has 0 heterocycles. The molecule has 1 N–H and O–H groups in total. The number of nitrogens with one attached hydrogen (secondary N) is 1. The van der Waals surface area contributed by atoms with Gasteiger partial charge in [-0.2, -0.15) is 4.39 Å². The number of ether oxygens (including phenoxy) is 1. The molecule has 0 saturated heterocycles. The molecule has 1 amide bonds. The number of carbonyl (C=O) groups excluding carboxylic acids is 2. The number of nitro benzene ring substituents is 1. The average Bonchev–Trinajstić information content (AvgIpc) is 2.39. The van der Waals surface area contributed by atoms with E-state index in [4.69, 9.17) is 0 Å². The van der Waals surface area contributed by atoms with Gasteiger partial charge in [0.1, 0.15) is 11.9 Å². The van der Waals surface area contributed by atoms with E-state index in [1.807, 2.05) is 0 Å². The molecule has 0 aliphatic carbocycles. The summed E-state index contributed by atoms with van der Waals surface area (Å²) in [4.78, 5) is 32.0. The van der Waals surface area contributed by atoms with E-state index >= 15 is 0 Å². The first kappa shape index (κ1) is 15.5. The quantitative estimate of drug-likeness (QED) is 0.509. The van der Waals surface area contributed by atoms with Gasteiger partial charge in [0.25, 0.3) is 5.91 Å². The Morgan fingerprint density at radius 1 is 1.35 bits per heavy atom. The lowest BCUT2D eigenvalue weighted by Gasteiger charge is -2.11. The van der Waals surface area contributed by atoms with Crippen molar-refractivity contribution in [1.82, 2.24) is 5.32 Å². The number of methoxy groups -OCH3 is 1. The smallest absolute Gasteiger partial charge is 0.328 e. The maximum Gasteiger partial charge on any atom is 0.328 e. The summed E-state index contributed by atoms with van der Waals surface area (Å²) in [6.07, 6.45) is 0. The SMILES string of the molecule is COC(=O)C(C)NC(=O)c1cc(F)c([N+](=O)[O-])cc1F. The molecule has 9 heteroatoms. The van der Waals surface area contributed by atoms with Crippen molar-refractivity contribution in [3.8, 4) is 0 Å². The van der Waals surface area contributed by atoms with Crippen LogP contribution in [0.3, 0.4) is 0 Å². The Balaban J connectivity index is 3.03. The van der Waals surface area contributed by atoms with Gasteiger partial charge in [-0.05, 0) is 13.0 Å². The Morgan fingerprint density at radius 3 is 2.45 bits per heavy atom. The van der Waals surface area contributed by atoms with Crippen LogP contribution in [0.4, 0.5) is 14.5 Å². The van der Waals surface area contributed by atoms with Crippen molar-refractivity contribution in [2.45, 2.75) is 13.0 Å². The van der Waals surface area contributed by atoms with Gasteiger partial charge in [-0.1, -0.05) is 0 Å². The summed E-state index contributed by atoms with van der Waals surface area (Å²) >= 11 is 0. The molecule has 1 aromatic rings. The number of nitrogens with zero attached hydrogens (tertiary/aromatic N) is 1. The predicted molar refractivity (Wildman–Crippen MR) is 62.0 cm³/mol. The van der Waals surface area contributed by atoms with Crippen LogP contribution in [0.15, 0.2) is 12.1 Å². The van der Waals surface area contributed by atoms with Gasteiger partial charge in [0.05, 0.1) is 23.7 Å². The van der Waals surface area contributed by atoms with Gasteiger partial charge in [0, 0.05) is 0 Å². The lowest BCUT2D eigenvalue weighted by Crippen LogP contribution is -2.39. The van der Waals surface area contributed by atoms with Crippen molar-refractivity contribution >= 4 is 17.6 Å². The fraction of sp³-hybridized carbons (Fsp3) is 0.273. The zero-order valence-corrected chi connectivity index (χ0v) is 10.5. The maximum atomic E-state index is 13.5. The Kier molecular flexibility index (Phi) is 4.68. The van der Waals surface area contributed by atoms with E-state index < -0.39 is 45.7 Å². The maximum absolute atomic E-state index is 13.5. The third-order valence-corrected chi connectivity index (χ3v) is 2.38. The third kappa shape index (κ3) is 3.25.